The molecule has 0 saturated carbocycles. The van der Waals surface area contributed by atoms with E-state index < -0.39 is 29.5 Å². The molecule has 2 aliphatic heterocycles. The van der Waals surface area contributed by atoms with Gasteiger partial charge < -0.3 is 41.2 Å². The van der Waals surface area contributed by atoms with Gasteiger partial charge in [0.2, 0.25) is 23.6 Å². The molecule has 6 aromatic rings. The fourth-order valence-corrected chi connectivity index (χ4v) is 10.9. The lowest BCUT2D eigenvalue weighted by Crippen LogP contribution is -2.57. The third-order valence-electron chi connectivity index (χ3n) is 14.4. The molecule has 2 fully saturated rings. The van der Waals surface area contributed by atoms with Crippen LogP contribution in [0.15, 0.2) is 77.3 Å². The first-order chi connectivity index (χ1) is 36.7. The molecule has 1 unspecified atom stereocenters. The van der Waals surface area contributed by atoms with Gasteiger partial charge in [0.15, 0.2) is 0 Å². The van der Waals surface area contributed by atoms with Crippen LogP contribution in [0, 0.1) is 26.2 Å². The van der Waals surface area contributed by atoms with Gasteiger partial charge in [-0.05, 0) is 99.0 Å². The van der Waals surface area contributed by atoms with Gasteiger partial charge in [-0.1, -0.05) is 45.0 Å². The number of pyridine rings is 2. The molecule has 20 heteroatoms. The van der Waals surface area contributed by atoms with Gasteiger partial charge in [0.25, 0.3) is 11.5 Å². The number of aromatic amines is 1. The fraction of sp³-hybridized carbons (Fsp3) is 0.456. The maximum atomic E-state index is 14.1. The summed E-state index contributed by atoms with van der Waals surface area (Å²) in [5.41, 5.74) is 8.80. The van der Waals surface area contributed by atoms with Crippen molar-refractivity contribution in [2.24, 2.45) is 5.41 Å². The summed E-state index contributed by atoms with van der Waals surface area (Å²) < 4.78 is 1.89. The maximum Gasteiger partial charge on any atom is 0.253 e. The van der Waals surface area contributed by atoms with Crippen molar-refractivity contribution in [2.45, 2.75) is 118 Å². The summed E-state index contributed by atoms with van der Waals surface area (Å²) >= 11 is 1.57. The number of β-amino-alcohol motifs (C(OH)–C–C–N with tert-alkyl or cyclic N) is 1. The first kappa shape index (κ1) is 55.9. The van der Waals surface area contributed by atoms with E-state index in [4.69, 9.17) is 4.98 Å². The molecule has 19 nitrogen and oxygen atoms in total. The number of carbonyl (C=O) groups is 5. The van der Waals surface area contributed by atoms with Crippen LogP contribution in [0.5, 0.6) is 0 Å². The van der Waals surface area contributed by atoms with Gasteiger partial charge in [0.1, 0.15) is 17.9 Å². The molecule has 3 atom stereocenters. The lowest BCUT2D eigenvalue weighted by molar-refractivity contribution is -0.144. The van der Waals surface area contributed by atoms with Gasteiger partial charge in [-0.15, -0.1) is 11.3 Å². The van der Waals surface area contributed by atoms with Crippen LogP contribution in [0.4, 0.5) is 5.82 Å². The summed E-state index contributed by atoms with van der Waals surface area (Å²) in [5, 5.41) is 27.7. The van der Waals surface area contributed by atoms with E-state index in [-0.39, 0.29) is 80.5 Å². The minimum atomic E-state index is -0.962. The van der Waals surface area contributed by atoms with Crippen molar-refractivity contribution in [1.82, 2.24) is 55.8 Å². The maximum absolute atomic E-state index is 14.1. The highest BCUT2D eigenvalue weighted by molar-refractivity contribution is 7.13. The van der Waals surface area contributed by atoms with Gasteiger partial charge in [0, 0.05) is 113 Å². The molecular formula is C57H72N12O7S. The molecule has 0 radical (unpaired) electrons. The van der Waals surface area contributed by atoms with Crippen molar-refractivity contribution in [3.8, 4) is 21.6 Å². The number of aliphatic hydroxyl groups excluding tert-OH is 1. The largest absolute Gasteiger partial charge is 0.391 e. The van der Waals surface area contributed by atoms with E-state index in [0.29, 0.717) is 24.2 Å². The predicted molar refractivity (Wildman–Crippen MR) is 298 cm³/mol. The van der Waals surface area contributed by atoms with Gasteiger partial charge in [-0.3, -0.25) is 38.3 Å². The number of rotatable bonds is 19. The van der Waals surface area contributed by atoms with Crippen molar-refractivity contribution >= 4 is 57.6 Å². The molecule has 2 aromatic carbocycles. The molecule has 0 bridgehead atoms. The second-order valence-corrected chi connectivity index (χ2v) is 22.5. The van der Waals surface area contributed by atoms with E-state index in [1.54, 1.807) is 17.5 Å². The smallest absolute Gasteiger partial charge is 0.253 e. The molecule has 2 saturated heterocycles. The third-order valence-corrected chi connectivity index (χ3v) is 15.4. The van der Waals surface area contributed by atoms with Crippen LogP contribution in [0.25, 0.3) is 32.5 Å². The number of amides is 5. The number of benzene rings is 2. The first-order valence-electron chi connectivity index (χ1n) is 26.5. The number of nitrogens with one attached hydrogen (secondary N) is 5. The van der Waals surface area contributed by atoms with E-state index in [2.05, 4.69) is 46.1 Å². The van der Waals surface area contributed by atoms with Crippen LogP contribution in [0.2, 0.25) is 0 Å². The second kappa shape index (κ2) is 24.4. The normalized spacial score (nSPS) is 16.4. The van der Waals surface area contributed by atoms with Crippen LogP contribution in [-0.2, 0) is 32.3 Å². The van der Waals surface area contributed by atoms with E-state index in [1.165, 1.54) is 4.90 Å². The Labute approximate surface area is 453 Å². The highest BCUT2D eigenvalue weighted by atomic mass is 32.1. The number of anilines is 1. The molecule has 0 aliphatic carbocycles. The van der Waals surface area contributed by atoms with Crippen molar-refractivity contribution in [2.75, 3.05) is 50.7 Å². The van der Waals surface area contributed by atoms with Crippen LogP contribution >= 0.6 is 11.3 Å². The van der Waals surface area contributed by atoms with Crippen LogP contribution in [0.1, 0.15) is 105 Å². The van der Waals surface area contributed by atoms with Crippen molar-refractivity contribution in [3.05, 3.63) is 116 Å². The Hall–Kier alpha value is -7.29. The highest BCUT2D eigenvalue weighted by Gasteiger charge is 2.44. The summed E-state index contributed by atoms with van der Waals surface area (Å²) in [6.45, 7) is 19.7. The van der Waals surface area contributed by atoms with Gasteiger partial charge in [-0.25, -0.2) is 9.97 Å². The van der Waals surface area contributed by atoms with E-state index in [0.717, 1.165) is 87.0 Å². The minimum absolute atomic E-state index is 0.0244. The molecule has 6 heterocycles. The molecule has 6 N–H and O–H groups in total. The Morgan fingerprint density at radius 3 is 2.23 bits per heavy atom. The lowest BCUT2D eigenvalue weighted by Gasteiger charge is -2.35. The van der Waals surface area contributed by atoms with Crippen molar-refractivity contribution < 1.29 is 29.1 Å². The molecule has 5 amide bonds. The number of likely N-dealkylation sites (tertiary alicyclic amines) is 1. The zero-order valence-corrected chi connectivity index (χ0v) is 46.2. The Morgan fingerprint density at radius 2 is 1.57 bits per heavy atom. The zero-order valence-electron chi connectivity index (χ0n) is 45.4. The van der Waals surface area contributed by atoms with Gasteiger partial charge in [0.05, 0.1) is 39.5 Å². The number of fused-ring (bicyclic) bond motifs is 1. The number of aliphatic hydroxyl groups is 1. The summed E-state index contributed by atoms with van der Waals surface area (Å²) in [4.78, 5) is 99.2. The average molecular weight is 1070 g/mol. The van der Waals surface area contributed by atoms with Crippen LogP contribution < -0.4 is 31.7 Å². The number of hydrogen-bond donors (Lipinski definition) is 6. The van der Waals surface area contributed by atoms with Gasteiger partial charge in [-0.2, -0.15) is 5.10 Å². The third kappa shape index (κ3) is 13.6. The standard InChI is InChI=1S/C57H72N12O7S/c1-34(2)69-46-26-41(25-43(45(46)31-63-69)53(73)61-30-44-35(3)24-36(4)64-54(44)74)40-16-17-48(59-29-40)67-22-20-66(21-23-67)19-18-58-49(71)10-9-11-50(72)65-52(57(6,7)8)56(76)68-32-42(70)27-47(68)55(75)60-28-38-12-14-39(15-13-38)51-37(5)62-33-77-51/h12-17,24-26,29,31,33-34,42,47,52,70H,9-11,18-23,27-28,30,32H2,1-8H3,(H,58,71)(H,60,75)(H,61,73)(H,64,74)(H,65,72)/t42-,47+,52?/m1/s1. The second-order valence-electron chi connectivity index (χ2n) is 21.6. The molecule has 4 aromatic heterocycles. The quantitative estimate of drug-likeness (QED) is 0.0585. The van der Waals surface area contributed by atoms with Crippen LogP contribution in [-0.4, -0.2) is 133 Å². The Balaban J connectivity index is 0.766. The SMILES string of the molecule is Cc1cc(C)c(CNC(=O)c2cc(-c3ccc(N4CCN(CCNC(=O)CCCC(=O)NC(C(=O)N5C[C@H](O)C[C@H]5C(=O)NCc5ccc(-c6scnc6C)cc5)C(C)(C)C)CC4)nc3)cc3c2cnn3C(C)C)c(=O)[nH]1. The summed E-state index contributed by atoms with van der Waals surface area (Å²) in [6.07, 6.45) is 3.21. The fourth-order valence-electron chi connectivity index (χ4n) is 10.1. The number of aromatic nitrogens is 5. The minimum Gasteiger partial charge on any atom is -0.391 e. The Kier molecular flexibility index (Phi) is 17.7. The summed E-state index contributed by atoms with van der Waals surface area (Å²) in [7, 11) is 0. The van der Waals surface area contributed by atoms with Crippen molar-refractivity contribution in [3.63, 3.8) is 0 Å². The molecule has 8 rings (SSSR count). The predicted octanol–water partition coefficient (Wildman–Crippen LogP) is 5.56. The number of aryl methyl sites for hydroxylation is 3. The van der Waals surface area contributed by atoms with E-state index in [9.17, 15) is 33.9 Å². The number of carbonyl (C=O) groups excluding carboxylic acids is 5. The molecule has 0 spiro atoms. The van der Waals surface area contributed by atoms with E-state index in [1.807, 2.05) is 126 Å². The molecule has 77 heavy (non-hydrogen) atoms. The molecule has 2 aliphatic rings. The average Bonchev–Trinajstić information content (AvgIpc) is 4.15. The number of nitrogens with zero attached hydrogens (tertiary/aromatic N) is 7. The van der Waals surface area contributed by atoms with E-state index >= 15 is 0 Å². The summed E-state index contributed by atoms with van der Waals surface area (Å²) in [5.74, 6) is -0.819. The number of H-pyrrole nitrogens is 1. The van der Waals surface area contributed by atoms with Crippen molar-refractivity contribution in [1.29, 1.82) is 0 Å². The topological polar surface area (TPSA) is 240 Å². The Morgan fingerprint density at radius 1 is 0.844 bits per heavy atom. The zero-order chi connectivity index (χ0) is 55.1. The van der Waals surface area contributed by atoms with Gasteiger partial charge >= 0.3 is 0 Å². The molecule has 408 valence electrons. The first-order valence-corrected chi connectivity index (χ1v) is 27.4. The Bertz CT molecular complexity index is 3150. The monoisotopic (exact) mass is 1070 g/mol. The molecular weight excluding hydrogens is 997 g/mol. The number of hydrogen-bond acceptors (Lipinski definition) is 13. The summed E-state index contributed by atoms with van der Waals surface area (Å²) in [6, 6.07) is 15.8. The van der Waals surface area contributed by atoms with Crippen LogP contribution in [0.3, 0.4) is 0 Å². The highest BCUT2D eigenvalue weighted by Crippen LogP contribution is 2.32. The number of thiazole rings is 1. The lowest BCUT2D eigenvalue weighted by atomic mass is 9.85. The number of piperazine rings is 1.